The second-order valence-corrected chi connectivity index (χ2v) is 8.73. The molecule has 1 aliphatic carbocycles. The van der Waals surface area contributed by atoms with Gasteiger partial charge in [-0.05, 0) is 38.0 Å². The predicted molar refractivity (Wildman–Crippen MR) is 99.4 cm³/mol. The van der Waals surface area contributed by atoms with E-state index in [1.807, 2.05) is 0 Å². The van der Waals surface area contributed by atoms with Crippen LogP contribution in [-0.2, 0) is 9.59 Å². The quantitative estimate of drug-likeness (QED) is 0.480. The van der Waals surface area contributed by atoms with E-state index < -0.39 is 5.97 Å². The van der Waals surface area contributed by atoms with Crippen molar-refractivity contribution in [1.29, 1.82) is 0 Å². The molecule has 3 unspecified atom stereocenters. The van der Waals surface area contributed by atoms with Gasteiger partial charge in [-0.3, -0.25) is 9.59 Å². The number of aliphatic hydroxyl groups is 1. The van der Waals surface area contributed by atoms with Crippen LogP contribution in [0.5, 0.6) is 0 Å². The van der Waals surface area contributed by atoms with E-state index in [0.717, 1.165) is 57.1 Å². The van der Waals surface area contributed by atoms with Crippen molar-refractivity contribution < 1.29 is 19.8 Å². The molecular formula is C19H34O4S. The maximum Gasteiger partial charge on any atom is 0.303 e. The predicted octanol–water partition coefficient (Wildman–Crippen LogP) is 4.29. The largest absolute Gasteiger partial charge is 0.481 e. The molecule has 140 valence electrons. The number of Topliss-reactive ketones (excluding diaryl/α,β-unsaturated/α-hetero) is 1. The average molecular weight is 359 g/mol. The second-order valence-electron chi connectivity index (χ2n) is 7.45. The van der Waals surface area contributed by atoms with Crippen molar-refractivity contribution in [1.82, 2.24) is 0 Å². The Morgan fingerprint density at radius 3 is 2.58 bits per heavy atom. The van der Waals surface area contributed by atoms with Crippen LogP contribution in [0.2, 0.25) is 0 Å². The first-order valence-corrected chi connectivity index (χ1v) is 10.5. The number of rotatable bonds is 13. The van der Waals surface area contributed by atoms with Crippen LogP contribution in [0.25, 0.3) is 0 Å². The maximum absolute atomic E-state index is 12.1. The number of ketones is 1. The minimum absolute atomic E-state index is 0.145. The number of thioether (sulfide) groups is 1. The van der Waals surface area contributed by atoms with Gasteiger partial charge < -0.3 is 10.2 Å². The van der Waals surface area contributed by atoms with Gasteiger partial charge in [0.15, 0.2) is 0 Å². The molecule has 0 amide bonds. The van der Waals surface area contributed by atoms with Crippen molar-refractivity contribution >= 4 is 23.5 Å². The molecule has 0 saturated heterocycles. The summed E-state index contributed by atoms with van der Waals surface area (Å²) in [5.74, 6) is 1.15. The summed E-state index contributed by atoms with van der Waals surface area (Å²) in [5, 5.41) is 19.1. The zero-order valence-electron chi connectivity index (χ0n) is 15.2. The van der Waals surface area contributed by atoms with Crippen molar-refractivity contribution in [2.24, 2.45) is 11.8 Å². The molecule has 0 aliphatic heterocycles. The third-order valence-corrected chi connectivity index (χ3v) is 6.34. The van der Waals surface area contributed by atoms with Gasteiger partial charge in [0.1, 0.15) is 5.78 Å². The number of carbonyl (C=O) groups excluding carboxylic acids is 1. The molecule has 0 spiro atoms. The molecule has 1 aliphatic rings. The Labute approximate surface area is 150 Å². The van der Waals surface area contributed by atoms with Gasteiger partial charge >= 0.3 is 5.97 Å². The molecule has 0 aromatic rings. The number of carboxylic acid groups (broad SMARTS) is 1. The number of carbonyl (C=O) groups is 2. The first-order valence-electron chi connectivity index (χ1n) is 9.44. The lowest BCUT2D eigenvalue weighted by molar-refractivity contribution is -0.137. The Hall–Kier alpha value is -0.550. The molecule has 4 nitrogen and oxygen atoms in total. The minimum Gasteiger partial charge on any atom is -0.481 e. The molecular weight excluding hydrogens is 324 g/mol. The maximum atomic E-state index is 12.1. The fraction of sp³-hybridized carbons (Fsp3) is 0.895. The highest BCUT2D eigenvalue weighted by molar-refractivity contribution is 8.00. The van der Waals surface area contributed by atoms with Crippen molar-refractivity contribution in [2.75, 3.05) is 5.75 Å². The van der Waals surface area contributed by atoms with Crippen molar-refractivity contribution in [2.45, 2.75) is 89.4 Å². The molecule has 24 heavy (non-hydrogen) atoms. The van der Waals surface area contributed by atoms with Gasteiger partial charge in [-0.25, -0.2) is 0 Å². The molecule has 2 N–H and O–H groups in total. The molecule has 1 fully saturated rings. The molecule has 5 heteroatoms. The van der Waals surface area contributed by atoms with E-state index in [1.165, 1.54) is 0 Å². The van der Waals surface area contributed by atoms with Gasteiger partial charge in [-0.1, -0.05) is 33.1 Å². The fourth-order valence-corrected chi connectivity index (χ4v) is 4.70. The van der Waals surface area contributed by atoms with E-state index in [9.17, 15) is 14.7 Å². The number of hydrogen-bond acceptors (Lipinski definition) is 4. The smallest absolute Gasteiger partial charge is 0.303 e. The Morgan fingerprint density at radius 2 is 1.92 bits per heavy atom. The molecule has 0 radical (unpaired) electrons. The number of unbranched alkanes of at least 4 members (excludes halogenated alkanes) is 3. The highest BCUT2D eigenvalue weighted by Crippen LogP contribution is 2.36. The fourth-order valence-electron chi connectivity index (χ4n) is 3.26. The second kappa shape index (κ2) is 11.9. The highest BCUT2D eigenvalue weighted by atomic mass is 32.2. The third-order valence-electron chi connectivity index (χ3n) is 4.77. The molecule has 0 heterocycles. The van der Waals surface area contributed by atoms with Crippen LogP contribution in [0.1, 0.15) is 78.1 Å². The van der Waals surface area contributed by atoms with Gasteiger partial charge in [0, 0.05) is 29.8 Å². The minimum atomic E-state index is -0.728. The van der Waals surface area contributed by atoms with Crippen LogP contribution < -0.4 is 0 Å². The van der Waals surface area contributed by atoms with Crippen LogP contribution in [0, 0.1) is 11.8 Å². The molecule has 3 atom stereocenters. The summed E-state index contributed by atoms with van der Waals surface area (Å²) in [5.41, 5.74) is 0. The summed E-state index contributed by atoms with van der Waals surface area (Å²) in [7, 11) is 0. The van der Waals surface area contributed by atoms with Gasteiger partial charge in [0.25, 0.3) is 0 Å². The van der Waals surface area contributed by atoms with Crippen molar-refractivity contribution in [3.63, 3.8) is 0 Å². The van der Waals surface area contributed by atoms with Gasteiger partial charge in [-0.15, -0.1) is 0 Å². The monoisotopic (exact) mass is 358 g/mol. The normalized spacial score (nSPS) is 22.2. The summed E-state index contributed by atoms with van der Waals surface area (Å²) in [4.78, 5) is 22.6. The molecule has 0 bridgehead atoms. The Balaban J connectivity index is 2.21. The van der Waals surface area contributed by atoms with Crippen molar-refractivity contribution in [3.05, 3.63) is 0 Å². The lowest BCUT2D eigenvalue weighted by Gasteiger charge is -2.20. The van der Waals surface area contributed by atoms with Gasteiger partial charge in [-0.2, -0.15) is 11.8 Å². The number of carboxylic acids is 1. The van der Waals surface area contributed by atoms with Crippen LogP contribution in [-0.4, -0.2) is 39.1 Å². The van der Waals surface area contributed by atoms with Crippen LogP contribution in [0.4, 0.5) is 0 Å². The number of aliphatic carboxylic acids is 1. The third kappa shape index (κ3) is 9.07. The Morgan fingerprint density at radius 1 is 1.21 bits per heavy atom. The summed E-state index contributed by atoms with van der Waals surface area (Å²) in [6.45, 7) is 4.34. The molecule has 0 aromatic heterocycles. The first kappa shape index (κ1) is 21.5. The van der Waals surface area contributed by atoms with E-state index in [0.29, 0.717) is 23.4 Å². The summed E-state index contributed by atoms with van der Waals surface area (Å²) in [6.07, 6.45) is 8.10. The van der Waals surface area contributed by atoms with E-state index in [-0.39, 0.29) is 18.4 Å². The van der Waals surface area contributed by atoms with E-state index in [1.54, 1.807) is 11.8 Å². The lowest BCUT2D eigenvalue weighted by Crippen LogP contribution is -2.20. The van der Waals surface area contributed by atoms with Gasteiger partial charge in [0.2, 0.25) is 0 Å². The highest BCUT2D eigenvalue weighted by Gasteiger charge is 2.34. The van der Waals surface area contributed by atoms with E-state index in [2.05, 4.69) is 13.8 Å². The van der Waals surface area contributed by atoms with Crippen LogP contribution >= 0.6 is 11.8 Å². The van der Waals surface area contributed by atoms with E-state index in [4.69, 9.17) is 5.11 Å². The van der Waals surface area contributed by atoms with Crippen LogP contribution in [0.3, 0.4) is 0 Å². The Kier molecular flexibility index (Phi) is 10.7. The summed E-state index contributed by atoms with van der Waals surface area (Å²) >= 11 is 1.78. The van der Waals surface area contributed by atoms with Crippen LogP contribution in [0.15, 0.2) is 0 Å². The van der Waals surface area contributed by atoms with Gasteiger partial charge in [0.05, 0.1) is 6.10 Å². The summed E-state index contributed by atoms with van der Waals surface area (Å²) < 4.78 is 0. The molecule has 1 rings (SSSR count). The number of aliphatic hydroxyl groups excluding tert-OH is 1. The molecule has 0 aromatic carbocycles. The number of hydrogen-bond donors (Lipinski definition) is 2. The SMILES string of the molecule is CC(C)CCC(O)CSC1CCC(=O)C1CCCCCCC(=O)O. The summed E-state index contributed by atoms with van der Waals surface area (Å²) in [6, 6.07) is 0. The van der Waals surface area contributed by atoms with Crippen molar-refractivity contribution in [3.8, 4) is 0 Å². The lowest BCUT2D eigenvalue weighted by atomic mass is 9.98. The van der Waals surface area contributed by atoms with E-state index >= 15 is 0 Å². The average Bonchev–Trinajstić information content (AvgIpc) is 2.86. The standard InChI is InChI=1S/C19H34O4S/c1-14(2)9-10-15(20)13-24-18-12-11-17(21)16(18)7-5-3-4-6-8-19(22)23/h14-16,18,20H,3-13H2,1-2H3,(H,22,23). The molecule has 1 saturated carbocycles. The Bertz CT molecular complexity index is 384. The zero-order valence-corrected chi connectivity index (χ0v) is 16.0. The topological polar surface area (TPSA) is 74.6 Å². The zero-order chi connectivity index (χ0) is 17.9. The first-order chi connectivity index (χ1) is 11.4.